The molecular formula is C39H38Cl2N6O3. The molecule has 0 aliphatic carbocycles. The number of H-pyrrole nitrogens is 2. The topological polar surface area (TPSA) is 139 Å². The van der Waals surface area contributed by atoms with E-state index in [0.717, 1.165) is 73.3 Å². The zero-order valence-corrected chi connectivity index (χ0v) is 30.0. The number of aromatic nitrogens is 4. The van der Waals surface area contributed by atoms with E-state index in [0.29, 0.717) is 39.1 Å². The van der Waals surface area contributed by atoms with E-state index in [-0.39, 0.29) is 6.42 Å². The minimum atomic E-state index is -1.51. The zero-order valence-electron chi connectivity index (χ0n) is 28.5. The van der Waals surface area contributed by atoms with Gasteiger partial charge in [0.15, 0.2) is 0 Å². The molecule has 1 unspecified atom stereocenters. The Morgan fingerprint density at radius 1 is 0.980 bits per heavy atom. The average molecular weight is 710 g/mol. The number of carbonyl (C=O) groups is 1. The lowest BCUT2D eigenvalue weighted by atomic mass is 9.92. The maximum atomic E-state index is 12.1. The second kappa shape index (κ2) is 13.7. The van der Waals surface area contributed by atoms with Crippen LogP contribution in [-0.2, 0) is 16.8 Å². The van der Waals surface area contributed by atoms with Gasteiger partial charge < -0.3 is 20.2 Å². The second-order valence-corrected chi connectivity index (χ2v) is 13.5. The summed E-state index contributed by atoms with van der Waals surface area (Å²) in [4.78, 5) is 28.8. The van der Waals surface area contributed by atoms with Crippen LogP contribution in [0.1, 0.15) is 78.6 Å². The molecule has 1 atom stereocenters. The first-order valence-electron chi connectivity index (χ1n) is 16.3. The van der Waals surface area contributed by atoms with Gasteiger partial charge in [0.05, 0.1) is 33.5 Å². The number of rotatable bonds is 8. The number of benzene rings is 1. The third kappa shape index (κ3) is 6.52. The van der Waals surface area contributed by atoms with Crippen molar-refractivity contribution >= 4 is 85.9 Å². The molecule has 1 aromatic carbocycles. The highest BCUT2D eigenvalue weighted by Crippen LogP contribution is 2.40. The lowest BCUT2D eigenvalue weighted by molar-refractivity contribution is -0.136. The first-order chi connectivity index (χ1) is 23.8. The maximum Gasteiger partial charge on any atom is 0.303 e. The predicted molar refractivity (Wildman–Crippen MR) is 205 cm³/mol. The number of carboxylic acids is 1. The van der Waals surface area contributed by atoms with Crippen LogP contribution in [0.2, 0.25) is 10.0 Å². The summed E-state index contributed by atoms with van der Waals surface area (Å²) in [6, 6.07) is 12.8. The van der Waals surface area contributed by atoms with Crippen molar-refractivity contribution in [1.82, 2.24) is 19.9 Å². The molecule has 2 aliphatic rings. The van der Waals surface area contributed by atoms with Crippen molar-refractivity contribution in [2.75, 3.05) is 5.43 Å². The first-order valence-corrected chi connectivity index (χ1v) is 17.0. The highest BCUT2D eigenvalue weighted by Gasteiger charge is 2.36. The fraction of sp³-hybridized carbons (Fsp3) is 0.231. The lowest BCUT2D eigenvalue weighted by Gasteiger charge is -2.18. The van der Waals surface area contributed by atoms with Crippen molar-refractivity contribution in [3.63, 3.8) is 0 Å². The van der Waals surface area contributed by atoms with Crippen molar-refractivity contribution < 1.29 is 15.0 Å². The molecule has 8 bridgehead atoms. The molecule has 3 aromatic heterocycles. The van der Waals surface area contributed by atoms with Crippen LogP contribution in [0.3, 0.4) is 0 Å². The molecule has 0 amide bonds. The van der Waals surface area contributed by atoms with E-state index in [1.54, 1.807) is 37.3 Å². The molecular weight excluding hydrogens is 671 g/mol. The Bertz CT molecular complexity index is 2330. The third-order valence-electron chi connectivity index (χ3n) is 9.45. The number of anilines is 1. The molecule has 9 nitrogen and oxygen atoms in total. The Hall–Kier alpha value is -4.96. The second-order valence-electron chi connectivity index (χ2n) is 12.6. The summed E-state index contributed by atoms with van der Waals surface area (Å²) in [5, 5.41) is 26.9. The smallest absolute Gasteiger partial charge is 0.303 e. The third-order valence-corrected chi connectivity index (χ3v) is 10.00. The van der Waals surface area contributed by atoms with E-state index in [9.17, 15) is 15.0 Å². The van der Waals surface area contributed by atoms with E-state index in [1.807, 2.05) is 38.1 Å². The number of hydrogen-bond acceptors (Lipinski definition) is 6. The van der Waals surface area contributed by atoms with E-state index in [4.69, 9.17) is 33.2 Å². The highest BCUT2D eigenvalue weighted by atomic mass is 35.5. The highest BCUT2D eigenvalue weighted by molar-refractivity contribution is 6.36. The van der Waals surface area contributed by atoms with Crippen LogP contribution in [0.25, 0.3) is 44.9 Å². The lowest BCUT2D eigenvalue weighted by Crippen LogP contribution is -2.19. The van der Waals surface area contributed by atoms with Gasteiger partial charge in [0.1, 0.15) is 5.60 Å². The van der Waals surface area contributed by atoms with E-state index >= 15 is 0 Å². The Morgan fingerprint density at radius 2 is 1.68 bits per heavy atom. The van der Waals surface area contributed by atoms with Gasteiger partial charge in [0.2, 0.25) is 0 Å². The average Bonchev–Trinajstić information content (AvgIpc) is 3.70. The number of hydrazone groups is 1. The molecule has 5 heterocycles. The molecule has 6 rings (SSSR count). The molecule has 5 N–H and O–H groups in total. The number of fused-ring (bicyclic) bond motifs is 8. The fourth-order valence-electron chi connectivity index (χ4n) is 6.57. The molecule has 11 heteroatoms. The largest absolute Gasteiger partial charge is 0.481 e. The van der Waals surface area contributed by atoms with Crippen LogP contribution in [0.5, 0.6) is 0 Å². The Kier molecular flexibility index (Phi) is 9.59. The first kappa shape index (κ1) is 34.9. The summed E-state index contributed by atoms with van der Waals surface area (Å²) >= 11 is 12.3. The van der Waals surface area contributed by atoms with Gasteiger partial charge in [0, 0.05) is 50.9 Å². The zero-order chi connectivity index (χ0) is 35.9. The van der Waals surface area contributed by atoms with Crippen LogP contribution < -0.4 is 5.43 Å². The van der Waals surface area contributed by atoms with Crippen molar-refractivity contribution in [1.29, 1.82) is 0 Å². The number of carboxylic acid groups (broad SMARTS) is 1. The standard InChI is InChI=1S/C39H38Cl2N6O3/c1-7-24-20(3)30-16-31-21(4)25(8-2)35(45-31)19-37-39(6,50)27(13-14-42-47-29-11-9-23(40)15-28(29)41)36(46-37)17-32-22(5)26(10-12-38(48)49)34(44-32)18-33(24)43-30/h8-9,11,13-19,44-45,47,50H,2,7,10,12H2,1,3-6H3,(H,48,49)/b27-13-,30-16?,31-16?,32-17?,33-18?,34-18?,35-19?,36-17?,37-19?,42-14+. The molecule has 256 valence electrons. The minimum Gasteiger partial charge on any atom is -0.481 e. The number of aryl methyl sites for hydroxylation is 3. The number of nitrogens with zero attached hydrogens (tertiary/aromatic N) is 3. The molecule has 2 aliphatic heterocycles. The van der Waals surface area contributed by atoms with Gasteiger partial charge in [-0.25, -0.2) is 9.97 Å². The van der Waals surface area contributed by atoms with Crippen LogP contribution >= 0.6 is 23.2 Å². The maximum absolute atomic E-state index is 12.1. The number of nitrogens with one attached hydrogen (secondary N) is 3. The molecule has 50 heavy (non-hydrogen) atoms. The number of halogens is 2. The Morgan fingerprint density at radius 3 is 2.38 bits per heavy atom. The predicted octanol–water partition coefficient (Wildman–Crippen LogP) is 9.63. The number of hydrogen-bond donors (Lipinski definition) is 5. The van der Waals surface area contributed by atoms with Crippen LogP contribution in [-0.4, -0.2) is 42.3 Å². The SMILES string of the molecule is C=Cc1c(C)c2cc3nc(cc4[nH]c(cc5nc(cc1[nH]2)C(C)(O)/C5=C\C=N\Nc1ccc(Cl)cc1Cl)c(C)c4CCC(=O)O)C(CC)=C3C. The summed E-state index contributed by atoms with van der Waals surface area (Å²) in [6.07, 6.45) is 6.12. The van der Waals surface area contributed by atoms with Crippen LogP contribution in [0, 0.1) is 13.8 Å². The summed E-state index contributed by atoms with van der Waals surface area (Å²) < 4.78 is 0. The molecule has 0 spiro atoms. The number of aromatic amines is 2. The van der Waals surface area contributed by atoms with Gasteiger partial charge in [-0.2, -0.15) is 5.10 Å². The molecule has 0 saturated carbocycles. The van der Waals surface area contributed by atoms with Gasteiger partial charge in [-0.3, -0.25) is 10.2 Å². The summed E-state index contributed by atoms with van der Waals surface area (Å²) in [5.74, 6) is -0.878. The normalized spacial score (nSPS) is 16.8. The fourth-order valence-corrected chi connectivity index (χ4v) is 7.02. The van der Waals surface area contributed by atoms with Crippen LogP contribution in [0.4, 0.5) is 5.69 Å². The molecule has 0 saturated heterocycles. The van der Waals surface area contributed by atoms with Crippen LogP contribution in [0.15, 0.2) is 60.2 Å². The quantitative estimate of drug-likeness (QED) is 0.0912. The summed E-state index contributed by atoms with van der Waals surface area (Å²) in [5.41, 5.74) is 14.1. The Labute approximate surface area is 300 Å². The van der Waals surface area contributed by atoms with Gasteiger partial charge in [-0.1, -0.05) is 42.8 Å². The van der Waals surface area contributed by atoms with Crippen molar-refractivity contribution in [3.05, 3.63) is 110 Å². The molecule has 4 aromatic rings. The van der Waals surface area contributed by atoms with E-state index < -0.39 is 11.6 Å². The summed E-state index contributed by atoms with van der Waals surface area (Å²) in [7, 11) is 0. The van der Waals surface area contributed by atoms with Gasteiger partial charge >= 0.3 is 5.97 Å². The van der Waals surface area contributed by atoms with Gasteiger partial charge in [0.25, 0.3) is 0 Å². The Balaban J connectivity index is 1.64. The van der Waals surface area contributed by atoms with E-state index in [1.165, 1.54) is 6.21 Å². The monoisotopic (exact) mass is 708 g/mol. The summed E-state index contributed by atoms with van der Waals surface area (Å²) in [6.45, 7) is 13.9. The number of aliphatic carboxylic acids is 1. The van der Waals surface area contributed by atoms with Gasteiger partial charge in [-0.05, 0) is 117 Å². The van der Waals surface area contributed by atoms with Crippen molar-refractivity contribution in [3.8, 4) is 0 Å². The minimum absolute atomic E-state index is 0.0270. The van der Waals surface area contributed by atoms with Gasteiger partial charge in [-0.15, -0.1) is 0 Å². The van der Waals surface area contributed by atoms with E-state index in [2.05, 4.69) is 40.9 Å². The van der Waals surface area contributed by atoms with Crippen molar-refractivity contribution in [2.45, 2.75) is 59.5 Å². The number of allylic oxidation sites excluding steroid dienone is 3. The van der Waals surface area contributed by atoms with Crippen molar-refractivity contribution in [2.24, 2.45) is 5.10 Å². The number of aliphatic hydroxyl groups is 1. The molecule has 0 radical (unpaired) electrons. The molecule has 0 fully saturated rings.